The molecule has 35 heavy (non-hydrogen) atoms. The quantitative estimate of drug-likeness (QED) is 0.356. The van der Waals surface area contributed by atoms with Gasteiger partial charge in [-0.15, -0.1) is 12.4 Å². The second kappa shape index (κ2) is 13.5. The molecule has 2 aliphatic heterocycles. The van der Waals surface area contributed by atoms with Crippen LogP contribution in [0.4, 0.5) is 11.4 Å². The largest absolute Gasteiger partial charge is 0.378 e. The Morgan fingerprint density at radius 1 is 0.829 bits per heavy atom. The summed E-state index contributed by atoms with van der Waals surface area (Å²) >= 11 is 0. The topological polar surface area (TPSA) is 19.0 Å². The highest BCUT2D eigenvalue weighted by Crippen LogP contribution is 2.49. The van der Waals surface area contributed by atoms with E-state index < -0.39 is 0 Å². The Morgan fingerprint density at radius 3 is 2.06 bits per heavy atom. The zero-order valence-corrected chi connectivity index (χ0v) is 23.9. The molecule has 4 rings (SSSR count). The van der Waals surface area contributed by atoms with E-state index in [-0.39, 0.29) is 12.4 Å². The zero-order chi connectivity index (χ0) is 24.0. The normalized spacial score (nSPS) is 22.3. The summed E-state index contributed by atoms with van der Waals surface area (Å²) in [7, 11) is 0. The molecule has 200 valence electrons. The van der Waals surface area contributed by atoms with Crippen LogP contribution in [0, 0.1) is 5.41 Å². The van der Waals surface area contributed by atoms with Gasteiger partial charge in [0.05, 0.1) is 6.10 Å². The lowest BCUT2D eigenvalue weighted by Crippen LogP contribution is -2.47. The Morgan fingerprint density at radius 2 is 1.49 bits per heavy atom. The molecule has 1 aliphatic carbocycles. The van der Waals surface area contributed by atoms with E-state index in [0.29, 0.717) is 11.5 Å². The molecular formula is C30H52ClN3O. The lowest BCUT2D eigenvalue weighted by atomic mass is 9.66. The standard InChI is InChI=1S/C30H51N3O.ClH/c1-5-17-31-20-22-33(23-21-31)29-10-9-26(32-18-13-27(14-19-32)34-8-4)24-28(29)25-11-15-30(6-2,7-3)16-12-25;/h9-10,24-25,27H,5-8,11-23H2,1-4H3;1H. The van der Waals surface area contributed by atoms with Crippen LogP contribution in [-0.4, -0.2) is 63.4 Å². The third kappa shape index (κ3) is 6.87. The van der Waals surface area contributed by atoms with E-state index >= 15 is 0 Å². The fraction of sp³-hybridized carbons (Fsp3) is 0.800. The van der Waals surface area contributed by atoms with Gasteiger partial charge in [0, 0.05) is 57.3 Å². The van der Waals surface area contributed by atoms with Gasteiger partial charge in [0.2, 0.25) is 0 Å². The number of nitrogens with zero attached hydrogens (tertiary/aromatic N) is 3. The van der Waals surface area contributed by atoms with Gasteiger partial charge in [0.25, 0.3) is 0 Å². The molecule has 3 fully saturated rings. The monoisotopic (exact) mass is 505 g/mol. The predicted molar refractivity (Wildman–Crippen MR) is 154 cm³/mol. The fourth-order valence-electron chi connectivity index (χ4n) is 6.90. The van der Waals surface area contributed by atoms with Crippen molar-refractivity contribution in [2.75, 3.05) is 62.2 Å². The summed E-state index contributed by atoms with van der Waals surface area (Å²) in [5, 5.41) is 0. The average Bonchev–Trinajstić information content (AvgIpc) is 2.90. The van der Waals surface area contributed by atoms with Crippen LogP contribution in [0.5, 0.6) is 0 Å². The van der Waals surface area contributed by atoms with E-state index in [0.717, 1.165) is 38.5 Å². The first-order valence-electron chi connectivity index (χ1n) is 14.6. The number of rotatable bonds is 9. The Bertz CT molecular complexity index is 742. The summed E-state index contributed by atoms with van der Waals surface area (Å²) in [5.41, 5.74) is 5.23. The van der Waals surface area contributed by atoms with Gasteiger partial charge in [-0.3, -0.25) is 4.90 Å². The fourth-order valence-corrected chi connectivity index (χ4v) is 6.90. The van der Waals surface area contributed by atoms with Crippen LogP contribution in [0.15, 0.2) is 18.2 Å². The first-order valence-corrected chi connectivity index (χ1v) is 14.6. The Labute approximate surface area is 222 Å². The summed E-state index contributed by atoms with van der Waals surface area (Å²) in [6.45, 7) is 18.3. The number of hydrogen-bond acceptors (Lipinski definition) is 4. The molecular weight excluding hydrogens is 454 g/mol. The maximum Gasteiger partial charge on any atom is 0.0608 e. The number of piperidine rings is 1. The Kier molecular flexibility index (Phi) is 11.1. The van der Waals surface area contributed by atoms with E-state index in [9.17, 15) is 0 Å². The minimum Gasteiger partial charge on any atom is -0.378 e. The number of ether oxygens (including phenoxy) is 1. The second-order valence-corrected chi connectivity index (χ2v) is 11.2. The molecule has 0 atom stereocenters. The van der Waals surface area contributed by atoms with Crippen molar-refractivity contribution in [3.8, 4) is 0 Å². The molecule has 5 heteroatoms. The van der Waals surface area contributed by atoms with Crippen LogP contribution < -0.4 is 9.80 Å². The minimum absolute atomic E-state index is 0. The third-order valence-corrected chi connectivity index (χ3v) is 9.46. The number of benzene rings is 1. The minimum atomic E-state index is 0. The van der Waals surface area contributed by atoms with Gasteiger partial charge in [0.1, 0.15) is 0 Å². The third-order valence-electron chi connectivity index (χ3n) is 9.46. The molecule has 3 aliphatic rings. The van der Waals surface area contributed by atoms with Crippen LogP contribution in [0.1, 0.15) is 97.0 Å². The summed E-state index contributed by atoms with van der Waals surface area (Å²) < 4.78 is 5.91. The van der Waals surface area contributed by atoms with Crippen molar-refractivity contribution in [1.29, 1.82) is 0 Å². The van der Waals surface area contributed by atoms with Crippen molar-refractivity contribution in [2.24, 2.45) is 5.41 Å². The maximum absolute atomic E-state index is 5.91. The first kappa shape index (κ1) is 28.6. The summed E-state index contributed by atoms with van der Waals surface area (Å²) in [5.74, 6) is 0.718. The zero-order valence-electron chi connectivity index (χ0n) is 23.1. The summed E-state index contributed by atoms with van der Waals surface area (Å²) in [6.07, 6.45) is 12.2. The Hall–Kier alpha value is -0.970. The number of anilines is 2. The van der Waals surface area contributed by atoms with Crippen molar-refractivity contribution in [3.05, 3.63) is 23.8 Å². The molecule has 0 unspecified atom stereocenters. The van der Waals surface area contributed by atoms with E-state index in [1.54, 1.807) is 5.56 Å². The Balaban J connectivity index is 0.00000342. The SMILES string of the molecule is CCCN1CCN(c2ccc(N3CCC(OCC)CC3)cc2C2CCC(CC)(CC)CC2)CC1.Cl. The molecule has 0 N–H and O–H groups in total. The lowest BCUT2D eigenvalue weighted by molar-refractivity contribution is 0.0459. The average molecular weight is 506 g/mol. The molecule has 4 nitrogen and oxygen atoms in total. The van der Waals surface area contributed by atoms with Crippen LogP contribution in [-0.2, 0) is 4.74 Å². The van der Waals surface area contributed by atoms with Gasteiger partial charge in [-0.2, -0.15) is 0 Å². The molecule has 2 saturated heterocycles. The number of halogens is 1. The van der Waals surface area contributed by atoms with Gasteiger partial charge in [-0.25, -0.2) is 0 Å². The molecule has 1 aromatic carbocycles. The van der Waals surface area contributed by atoms with Gasteiger partial charge in [-0.1, -0.05) is 33.6 Å². The van der Waals surface area contributed by atoms with E-state index in [1.165, 1.54) is 89.0 Å². The molecule has 1 saturated carbocycles. The van der Waals surface area contributed by atoms with Gasteiger partial charge >= 0.3 is 0 Å². The van der Waals surface area contributed by atoms with E-state index in [1.807, 2.05) is 0 Å². The summed E-state index contributed by atoms with van der Waals surface area (Å²) in [6, 6.07) is 7.50. The molecule has 0 bridgehead atoms. The van der Waals surface area contributed by atoms with Crippen LogP contribution in [0.25, 0.3) is 0 Å². The maximum atomic E-state index is 5.91. The molecule has 0 amide bonds. The van der Waals surface area contributed by atoms with Crippen molar-refractivity contribution in [1.82, 2.24) is 4.90 Å². The van der Waals surface area contributed by atoms with Gasteiger partial charge in [-0.05, 0) is 93.5 Å². The molecule has 1 aromatic rings. The van der Waals surface area contributed by atoms with E-state index in [4.69, 9.17) is 4.74 Å². The molecule has 0 spiro atoms. The number of hydrogen-bond donors (Lipinski definition) is 0. The van der Waals surface area contributed by atoms with Crippen LogP contribution >= 0.6 is 12.4 Å². The van der Waals surface area contributed by atoms with Crippen molar-refractivity contribution >= 4 is 23.8 Å². The van der Waals surface area contributed by atoms with Crippen LogP contribution in [0.3, 0.4) is 0 Å². The number of piperazine rings is 1. The van der Waals surface area contributed by atoms with Crippen molar-refractivity contribution < 1.29 is 4.74 Å². The van der Waals surface area contributed by atoms with E-state index in [2.05, 4.69) is 60.6 Å². The predicted octanol–water partition coefficient (Wildman–Crippen LogP) is 7.11. The van der Waals surface area contributed by atoms with Gasteiger partial charge in [0.15, 0.2) is 0 Å². The molecule has 2 heterocycles. The highest BCUT2D eigenvalue weighted by molar-refractivity contribution is 5.85. The van der Waals surface area contributed by atoms with Crippen molar-refractivity contribution in [3.63, 3.8) is 0 Å². The smallest absolute Gasteiger partial charge is 0.0608 e. The summed E-state index contributed by atoms with van der Waals surface area (Å²) in [4.78, 5) is 7.96. The highest BCUT2D eigenvalue weighted by Gasteiger charge is 2.34. The highest BCUT2D eigenvalue weighted by atomic mass is 35.5. The van der Waals surface area contributed by atoms with Gasteiger partial charge < -0.3 is 14.5 Å². The first-order chi connectivity index (χ1) is 16.6. The van der Waals surface area contributed by atoms with Crippen LogP contribution in [0.2, 0.25) is 0 Å². The van der Waals surface area contributed by atoms with Crippen molar-refractivity contribution in [2.45, 2.75) is 97.5 Å². The second-order valence-electron chi connectivity index (χ2n) is 11.2. The molecule has 0 radical (unpaired) electrons. The lowest BCUT2D eigenvalue weighted by Gasteiger charge is -2.42. The molecule has 0 aromatic heterocycles.